The minimum Gasteiger partial charge on any atom is -0.469 e. The smallest absolute Gasteiger partial charge is 0.273 e. The van der Waals surface area contributed by atoms with E-state index in [-0.39, 0.29) is 5.91 Å². The van der Waals surface area contributed by atoms with E-state index in [2.05, 4.69) is 16.2 Å². The summed E-state index contributed by atoms with van der Waals surface area (Å²) < 4.78 is 5.02. The van der Waals surface area contributed by atoms with E-state index >= 15 is 0 Å². The highest BCUT2D eigenvalue weighted by molar-refractivity contribution is 7.80. The normalized spacial score (nSPS) is 9.62. The van der Waals surface area contributed by atoms with Crippen molar-refractivity contribution in [3.05, 3.63) is 23.7 Å². The quantitative estimate of drug-likeness (QED) is 0.546. The van der Waals surface area contributed by atoms with Crippen LogP contribution in [0.5, 0.6) is 0 Å². The molecule has 0 bridgehead atoms. The molecule has 0 saturated heterocycles. The monoisotopic (exact) mass is 241 g/mol. The Balaban J connectivity index is 2.36. The molecule has 0 radical (unpaired) electrons. The van der Waals surface area contributed by atoms with Crippen molar-refractivity contribution in [1.82, 2.24) is 16.2 Å². The summed E-state index contributed by atoms with van der Waals surface area (Å²) in [4.78, 5) is 11.6. The highest BCUT2D eigenvalue weighted by Crippen LogP contribution is 2.07. The Morgan fingerprint density at radius 1 is 1.50 bits per heavy atom. The third kappa shape index (κ3) is 3.54. The van der Waals surface area contributed by atoms with Gasteiger partial charge in [-0.2, -0.15) is 0 Å². The van der Waals surface area contributed by atoms with E-state index in [4.69, 9.17) is 16.6 Å². The number of carbonyl (C=O) groups is 1. The zero-order chi connectivity index (χ0) is 12.0. The van der Waals surface area contributed by atoms with Gasteiger partial charge in [-0.05, 0) is 31.6 Å². The van der Waals surface area contributed by atoms with E-state index in [1.54, 1.807) is 13.0 Å². The van der Waals surface area contributed by atoms with Crippen LogP contribution in [0.1, 0.15) is 29.5 Å². The number of amides is 1. The molecule has 0 fully saturated rings. The van der Waals surface area contributed by atoms with Crippen LogP contribution in [0.15, 0.2) is 16.7 Å². The lowest BCUT2D eigenvalue weighted by Gasteiger charge is -2.10. The first-order valence-electron chi connectivity index (χ1n) is 5.03. The molecule has 16 heavy (non-hydrogen) atoms. The van der Waals surface area contributed by atoms with Crippen LogP contribution in [0.3, 0.4) is 0 Å². The molecule has 6 heteroatoms. The molecule has 1 rings (SSSR count). The second kappa shape index (κ2) is 6.12. The van der Waals surface area contributed by atoms with Crippen molar-refractivity contribution in [2.24, 2.45) is 0 Å². The maximum atomic E-state index is 11.6. The van der Waals surface area contributed by atoms with Gasteiger partial charge in [0, 0.05) is 6.54 Å². The molecule has 0 atom stereocenters. The van der Waals surface area contributed by atoms with Crippen LogP contribution >= 0.6 is 12.2 Å². The summed E-state index contributed by atoms with van der Waals surface area (Å²) in [7, 11) is 0. The van der Waals surface area contributed by atoms with Crippen LogP contribution in [0.2, 0.25) is 0 Å². The topological polar surface area (TPSA) is 66.3 Å². The van der Waals surface area contributed by atoms with Crippen LogP contribution in [0.25, 0.3) is 0 Å². The maximum absolute atomic E-state index is 11.6. The summed E-state index contributed by atoms with van der Waals surface area (Å²) in [5, 5.41) is 3.33. The first kappa shape index (κ1) is 12.5. The van der Waals surface area contributed by atoms with Gasteiger partial charge >= 0.3 is 0 Å². The van der Waals surface area contributed by atoms with Gasteiger partial charge in [-0.3, -0.25) is 15.6 Å². The molecule has 3 N–H and O–H groups in total. The Kier molecular flexibility index (Phi) is 4.78. The Morgan fingerprint density at radius 3 is 2.81 bits per heavy atom. The van der Waals surface area contributed by atoms with E-state index in [1.807, 2.05) is 6.92 Å². The van der Waals surface area contributed by atoms with E-state index in [0.717, 1.165) is 13.0 Å². The van der Waals surface area contributed by atoms with Gasteiger partial charge in [0.25, 0.3) is 5.91 Å². The molecule has 5 nitrogen and oxygen atoms in total. The number of hydrogen-bond donors (Lipinski definition) is 3. The average Bonchev–Trinajstić information content (AvgIpc) is 2.69. The van der Waals surface area contributed by atoms with E-state index in [1.165, 1.54) is 6.26 Å². The lowest BCUT2D eigenvalue weighted by Crippen LogP contribution is -2.46. The number of furan rings is 1. The molecule has 0 saturated carbocycles. The fourth-order valence-corrected chi connectivity index (χ4v) is 1.24. The van der Waals surface area contributed by atoms with Gasteiger partial charge < -0.3 is 9.73 Å². The Labute approximate surface area is 99.6 Å². The molecule has 1 aromatic heterocycles. The number of thiocarbonyl (C=S) groups is 1. The molecule has 0 aliphatic carbocycles. The number of hydrogen-bond acceptors (Lipinski definition) is 3. The van der Waals surface area contributed by atoms with Gasteiger partial charge in [-0.25, -0.2) is 0 Å². The molecule has 88 valence electrons. The summed E-state index contributed by atoms with van der Waals surface area (Å²) in [6, 6.07) is 1.61. The van der Waals surface area contributed by atoms with Crippen LogP contribution in [-0.4, -0.2) is 17.6 Å². The van der Waals surface area contributed by atoms with Gasteiger partial charge in [-0.15, -0.1) is 0 Å². The van der Waals surface area contributed by atoms with Crippen molar-refractivity contribution in [3.63, 3.8) is 0 Å². The second-order valence-corrected chi connectivity index (χ2v) is 3.63. The number of carbonyl (C=O) groups excluding carboxylic acids is 1. The molecule has 0 aromatic carbocycles. The number of aryl methyl sites for hydroxylation is 1. The lowest BCUT2D eigenvalue weighted by atomic mass is 10.2. The second-order valence-electron chi connectivity index (χ2n) is 3.23. The summed E-state index contributed by atoms with van der Waals surface area (Å²) in [5.74, 6) is 0.304. The van der Waals surface area contributed by atoms with Crippen molar-refractivity contribution in [2.75, 3.05) is 6.54 Å². The standard InChI is InChI=1S/C10H15N3O2S/c1-3-5-11-10(16)13-12-9(14)8-4-6-15-7(8)2/h4,6H,3,5H2,1-2H3,(H,12,14)(H2,11,13,16). The van der Waals surface area contributed by atoms with Gasteiger partial charge in [0.05, 0.1) is 11.8 Å². The molecular weight excluding hydrogens is 226 g/mol. The molecule has 0 aliphatic heterocycles. The minimum absolute atomic E-state index is 0.271. The zero-order valence-electron chi connectivity index (χ0n) is 9.29. The SMILES string of the molecule is CCCNC(=S)NNC(=O)c1ccoc1C. The Morgan fingerprint density at radius 2 is 2.25 bits per heavy atom. The van der Waals surface area contributed by atoms with Gasteiger partial charge in [0.2, 0.25) is 0 Å². The summed E-state index contributed by atoms with van der Waals surface area (Å²) >= 11 is 4.94. The molecule has 0 aliphatic rings. The van der Waals surface area contributed by atoms with Crippen molar-refractivity contribution >= 4 is 23.2 Å². The lowest BCUT2D eigenvalue weighted by molar-refractivity contribution is 0.0942. The van der Waals surface area contributed by atoms with E-state index < -0.39 is 0 Å². The maximum Gasteiger partial charge on any atom is 0.273 e. The summed E-state index contributed by atoms with van der Waals surface area (Å²) in [6.07, 6.45) is 2.44. The summed E-state index contributed by atoms with van der Waals surface area (Å²) in [5.41, 5.74) is 5.59. The molecule has 1 aromatic rings. The zero-order valence-corrected chi connectivity index (χ0v) is 10.1. The van der Waals surface area contributed by atoms with Gasteiger partial charge in [-0.1, -0.05) is 6.92 Å². The molecule has 0 spiro atoms. The minimum atomic E-state index is -0.271. The largest absolute Gasteiger partial charge is 0.469 e. The van der Waals surface area contributed by atoms with Gasteiger partial charge in [0.15, 0.2) is 5.11 Å². The molecule has 1 amide bonds. The van der Waals surface area contributed by atoms with Crippen LogP contribution in [-0.2, 0) is 0 Å². The van der Waals surface area contributed by atoms with Crippen molar-refractivity contribution < 1.29 is 9.21 Å². The number of nitrogens with one attached hydrogen (secondary N) is 3. The highest BCUT2D eigenvalue weighted by Gasteiger charge is 2.10. The molecular formula is C10H15N3O2S. The Bertz CT molecular complexity index is 376. The van der Waals surface area contributed by atoms with Crippen molar-refractivity contribution in [1.29, 1.82) is 0 Å². The fourth-order valence-electron chi connectivity index (χ4n) is 1.08. The number of hydrazine groups is 1. The van der Waals surface area contributed by atoms with Crippen molar-refractivity contribution in [2.45, 2.75) is 20.3 Å². The predicted molar refractivity (Wildman–Crippen MR) is 64.9 cm³/mol. The Hall–Kier alpha value is -1.56. The third-order valence-electron chi connectivity index (χ3n) is 1.93. The third-order valence-corrected chi connectivity index (χ3v) is 2.17. The predicted octanol–water partition coefficient (Wildman–Crippen LogP) is 1.11. The van der Waals surface area contributed by atoms with Crippen LogP contribution in [0.4, 0.5) is 0 Å². The van der Waals surface area contributed by atoms with Crippen LogP contribution in [0, 0.1) is 6.92 Å². The van der Waals surface area contributed by atoms with E-state index in [9.17, 15) is 4.79 Å². The van der Waals surface area contributed by atoms with Gasteiger partial charge in [0.1, 0.15) is 5.76 Å². The first-order valence-corrected chi connectivity index (χ1v) is 5.44. The number of rotatable bonds is 3. The first-order chi connectivity index (χ1) is 7.65. The van der Waals surface area contributed by atoms with E-state index in [0.29, 0.717) is 16.4 Å². The molecule has 0 unspecified atom stereocenters. The highest BCUT2D eigenvalue weighted by atomic mass is 32.1. The molecule has 1 heterocycles. The van der Waals surface area contributed by atoms with Crippen LogP contribution < -0.4 is 16.2 Å². The van der Waals surface area contributed by atoms with Crippen molar-refractivity contribution in [3.8, 4) is 0 Å². The average molecular weight is 241 g/mol. The summed E-state index contributed by atoms with van der Waals surface area (Å²) in [6.45, 7) is 4.53. The fraction of sp³-hybridized carbons (Fsp3) is 0.400.